The number of carbonyl (C=O) groups excluding carboxylic acids is 2. The summed E-state index contributed by atoms with van der Waals surface area (Å²) >= 11 is 0. The average Bonchev–Trinajstić information content (AvgIpc) is 3.31. The van der Waals surface area contributed by atoms with Crippen LogP contribution in [-0.4, -0.2) is 33.8 Å². The largest absolute Gasteiger partial charge is 0.277 e. The van der Waals surface area contributed by atoms with Crippen molar-refractivity contribution >= 4 is 23.2 Å². The standard InChI is InChI=1S/C24H25N3O5/c1-15-11-13-17(14-12-15)26-21(18-9-5-6-10-19(18)27(30)31)20-22(32-26)24(29)25(23(20)28)16-7-3-2-4-8-16/h5-6,9-14,16,20-22H,2-4,7-8H2,1H3/t20-,21+,22+/m0/s1. The van der Waals surface area contributed by atoms with Crippen LogP contribution in [0.5, 0.6) is 0 Å². The molecule has 32 heavy (non-hydrogen) atoms. The predicted octanol–water partition coefficient (Wildman–Crippen LogP) is 4.08. The third kappa shape index (κ3) is 3.26. The lowest BCUT2D eigenvalue weighted by Crippen LogP contribution is -2.44. The molecule has 0 spiro atoms. The normalized spacial score (nSPS) is 26.0. The molecule has 2 aromatic rings. The van der Waals surface area contributed by atoms with Crippen LogP contribution in [0.4, 0.5) is 11.4 Å². The molecule has 3 fully saturated rings. The fraction of sp³-hybridized carbons (Fsp3) is 0.417. The minimum atomic E-state index is -0.976. The van der Waals surface area contributed by atoms with Crippen LogP contribution in [-0.2, 0) is 14.4 Å². The van der Waals surface area contributed by atoms with Gasteiger partial charge >= 0.3 is 0 Å². The number of nitrogens with zero attached hydrogens (tertiary/aromatic N) is 3. The maximum atomic E-state index is 13.6. The van der Waals surface area contributed by atoms with Gasteiger partial charge in [0.05, 0.1) is 16.2 Å². The zero-order valence-corrected chi connectivity index (χ0v) is 17.8. The van der Waals surface area contributed by atoms with Gasteiger partial charge in [0.1, 0.15) is 12.0 Å². The summed E-state index contributed by atoms with van der Waals surface area (Å²) in [5.41, 5.74) is 1.98. The van der Waals surface area contributed by atoms with E-state index in [1.807, 2.05) is 31.2 Å². The minimum Gasteiger partial charge on any atom is -0.277 e. The Kier molecular flexibility index (Phi) is 5.17. The average molecular weight is 435 g/mol. The lowest BCUT2D eigenvalue weighted by molar-refractivity contribution is -0.385. The first kappa shape index (κ1) is 20.6. The van der Waals surface area contributed by atoms with Crippen LogP contribution in [0.25, 0.3) is 0 Å². The Hall–Kier alpha value is -3.26. The number of benzene rings is 2. The first-order valence-electron chi connectivity index (χ1n) is 11.1. The van der Waals surface area contributed by atoms with E-state index in [1.54, 1.807) is 18.2 Å². The van der Waals surface area contributed by atoms with Crippen molar-refractivity contribution in [2.24, 2.45) is 5.92 Å². The van der Waals surface area contributed by atoms with Crippen molar-refractivity contribution in [1.82, 2.24) is 4.90 Å². The minimum absolute atomic E-state index is 0.0878. The van der Waals surface area contributed by atoms with Crippen LogP contribution in [0.1, 0.15) is 49.3 Å². The monoisotopic (exact) mass is 435 g/mol. The van der Waals surface area contributed by atoms with Crippen LogP contribution >= 0.6 is 0 Å². The second kappa shape index (κ2) is 8.02. The number of likely N-dealkylation sites (tertiary alicyclic amines) is 1. The Morgan fingerprint density at radius 2 is 1.66 bits per heavy atom. The highest BCUT2D eigenvalue weighted by Gasteiger charge is 2.61. The van der Waals surface area contributed by atoms with E-state index in [2.05, 4.69) is 0 Å². The highest BCUT2D eigenvalue weighted by atomic mass is 16.7. The molecule has 2 heterocycles. The van der Waals surface area contributed by atoms with Crippen LogP contribution in [0, 0.1) is 23.0 Å². The number of nitro benzene ring substituents is 1. The number of para-hydroxylation sites is 1. The summed E-state index contributed by atoms with van der Waals surface area (Å²) in [6.45, 7) is 1.96. The zero-order valence-electron chi connectivity index (χ0n) is 17.8. The van der Waals surface area contributed by atoms with Gasteiger partial charge < -0.3 is 0 Å². The Balaban J connectivity index is 1.59. The number of hydrogen-bond acceptors (Lipinski definition) is 6. The molecule has 3 aliphatic rings. The molecule has 8 nitrogen and oxygen atoms in total. The molecule has 2 aliphatic heterocycles. The molecule has 2 aromatic carbocycles. The van der Waals surface area contributed by atoms with Crippen LogP contribution in [0.15, 0.2) is 48.5 Å². The Morgan fingerprint density at radius 3 is 2.34 bits per heavy atom. The molecule has 0 radical (unpaired) electrons. The lowest BCUT2D eigenvalue weighted by Gasteiger charge is -2.33. The van der Waals surface area contributed by atoms with Crippen molar-refractivity contribution in [3.63, 3.8) is 0 Å². The Morgan fingerprint density at radius 1 is 0.969 bits per heavy atom. The predicted molar refractivity (Wildman–Crippen MR) is 117 cm³/mol. The van der Waals surface area contributed by atoms with Crippen LogP contribution in [0.3, 0.4) is 0 Å². The van der Waals surface area contributed by atoms with Gasteiger partial charge in [-0.1, -0.05) is 49.1 Å². The second-order valence-corrected chi connectivity index (χ2v) is 8.81. The Bertz CT molecular complexity index is 1060. The smallest absolute Gasteiger partial charge is 0.274 e. The second-order valence-electron chi connectivity index (χ2n) is 8.81. The van der Waals surface area contributed by atoms with Crippen molar-refractivity contribution in [3.05, 3.63) is 69.8 Å². The molecule has 0 unspecified atom stereocenters. The number of aryl methyl sites for hydroxylation is 1. The number of rotatable bonds is 4. The van der Waals surface area contributed by atoms with Gasteiger partial charge in [0.15, 0.2) is 6.10 Å². The third-order valence-corrected chi connectivity index (χ3v) is 6.83. The highest BCUT2D eigenvalue weighted by Crippen LogP contribution is 2.49. The maximum absolute atomic E-state index is 13.6. The fourth-order valence-corrected chi connectivity index (χ4v) is 5.27. The van der Waals surface area contributed by atoms with Crippen molar-refractivity contribution in [2.75, 3.05) is 5.06 Å². The van der Waals surface area contributed by atoms with Crippen molar-refractivity contribution in [1.29, 1.82) is 0 Å². The van der Waals surface area contributed by atoms with E-state index in [0.29, 0.717) is 11.3 Å². The van der Waals surface area contributed by atoms with Crippen molar-refractivity contribution in [3.8, 4) is 0 Å². The van der Waals surface area contributed by atoms with E-state index < -0.39 is 23.0 Å². The lowest BCUT2D eigenvalue weighted by atomic mass is 9.89. The zero-order chi connectivity index (χ0) is 22.4. The summed E-state index contributed by atoms with van der Waals surface area (Å²) < 4.78 is 0. The van der Waals surface area contributed by atoms with Crippen molar-refractivity contribution < 1.29 is 19.3 Å². The highest BCUT2D eigenvalue weighted by molar-refractivity contribution is 6.08. The van der Waals surface area contributed by atoms with E-state index >= 15 is 0 Å². The number of carbonyl (C=O) groups is 2. The topological polar surface area (TPSA) is 93.0 Å². The first-order chi connectivity index (χ1) is 15.5. The molecule has 2 amide bonds. The third-order valence-electron chi connectivity index (χ3n) is 6.83. The van der Waals surface area contributed by atoms with Gasteiger partial charge in [-0.05, 0) is 38.0 Å². The number of nitro groups is 1. The van der Waals surface area contributed by atoms with E-state index in [4.69, 9.17) is 4.84 Å². The molecule has 166 valence electrons. The summed E-state index contributed by atoms with van der Waals surface area (Å²) in [4.78, 5) is 45.8. The maximum Gasteiger partial charge on any atom is 0.274 e. The molecule has 0 bridgehead atoms. The molecular weight excluding hydrogens is 410 g/mol. The SMILES string of the molecule is Cc1ccc(N2O[C@H]3C(=O)N(C4CCCCC4)C(=O)[C@H]3[C@H]2c2ccccc2[N+](=O)[O-])cc1. The molecular formula is C24H25N3O5. The van der Waals surface area contributed by atoms with Gasteiger partial charge in [0.2, 0.25) is 5.91 Å². The van der Waals surface area contributed by atoms with Crippen LogP contribution < -0.4 is 5.06 Å². The molecule has 8 heteroatoms. The van der Waals surface area contributed by atoms with Gasteiger partial charge in [-0.25, -0.2) is 5.06 Å². The van der Waals surface area contributed by atoms with Gasteiger partial charge in [-0.2, -0.15) is 0 Å². The fourth-order valence-electron chi connectivity index (χ4n) is 5.27. The number of imide groups is 1. The molecule has 0 N–H and O–H groups in total. The van der Waals surface area contributed by atoms with Crippen LogP contribution in [0.2, 0.25) is 0 Å². The number of amides is 2. The number of fused-ring (bicyclic) bond motifs is 1. The summed E-state index contributed by atoms with van der Waals surface area (Å²) in [6, 6.07) is 13.0. The number of hydrogen-bond donors (Lipinski definition) is 0. The first-order valence-corrected chi connectivity index (χ1v) is 11.1. The Labute approximate surface area is 185 Å². The molecule has 0 aromatic heterocycles. The molecule has 3 atom stereocenters. The van der Waals surface area contributed by atoms with Crippen molar-refractivity contribution in [2.45, 2.75) is 57.2 Å². The molecule has 5 rings (SSSR count). The van der Waals surface area contributed by atoms with E-state index in [9.17, 15) is 19.7 Å². The molecule has 2 saturated heterocycles. The summed E-state index contributed by atoms with van der Waals surface area (Å²) in [5.74, 6) is -1.44. The number of hydroxylamine groups is 1. The van der Waals surface area contributed by atoms with Gasteiger partial charge in [0.25, 0.3) is 11.6 Å². The van der Waals surface area contributed by atoms with Gasteiger partial charge in [0, 0.05) is 12.1 Å². The van der Waals surface area contributed by atoms with E-state index in [0.717, 1.165) is 37.7 Å². The van der Waals surface area contributed by atoms with Gasteiger partial charge in [-0.3, -0.25) is 29.4 Å². The quantitative estimate of drug-likeness (QED) is 0.408. The van der Waals surface area contributed by atoms with Gasteiger partial charge in [-0.15, -0.1) is 0 Å². The molecule has 1 aliphatic carbocycles. The molecule has 1 saturated carbocycles. The number of anilines is 1. The summed E-state index contributed by atoms with van der Waals surface area (Å²) in [7, 11) is 0. The van der Waals surface area contributed by atoms with E-state index in [1.165, 1.54) is 16.0 Å². The van der Waals surface area contributed by atoms with E-state index in [-0.39, 0.29) is 23.5 Å². The summed E-state index contributed by atoms with van der Waals surface area (Å²) in [5, 5.41) is 13.3. The summed E-state index contributed by atoms with van der Waals surface area (Å²) in [6.07, 6.45) is 3.71.